The van der Waals surface area contributed by atoms with E-state index < -0.39 is 0 Å². The van der Waals surface area contributed by atoms with Crippen molar-refractivity contribution in [3.63, 3.8) is 0 Å². The van der Waals surface area contributed by atoms with Crippen LogP contribution in [0.15, 0.2) is 58.9 Å². The summed E-state index contributed by atoms with van der Waals surface area (Å²) in [5.41, 5.74) is 4.70. The Hall–Kier alpha value is -2.17. The number of benzene rings is 2. The summed E-state index contributed by atoms with van der Waals surface area (Å²) in [4.78, 5) is 9.35. The van der Waals surface area contributed by atoms with Crippen molar-refractivity contribution in [3.05, 3.63) is 70.1 Å². The van der Waals surface area contributed by atoms with E-state index in [2.05, 4.69) is 52.1 Å². The molecule has 0 spiro atoms. The zero-order chi connectivity index (χ0) is 17.8. The SMILES string of the molecule is Clc1ccc(Cc2ccccc2-c2csc(NC3=NCCCC3)n2)cc1. The first kappa shape index (κ1) is 17.3. The van der Waals surface area contributed by atoms with Crippen molar-refractivity contribution in [3.8, 4) is 11.3 Å². The molecule has 0 radical (unpaired) electrons. The first-order valence-electron chi connectivity index (χ1n) is 8.86. The van der Waals surface area contributed by atoms with Gasteiger partial charge in [-0.1, -0.05) is 48.0 Å². The number of aromatic nitrogens is 1. The van der Waals surface area contributed by atoms with Crippen LogP contribution in [-0.2, 0) is 6.42 Å². The van der Waals surface area contributed by atoms with Gasteiger partial charge >= 0.3 is 0 Å². The summed E-state index contributed by atoms with van der Waals surface area (Å²) in [6.07, 6.45) is 4.27. The Morgan fingerprint density at radius 3 is 2.69 bits per heavy atom. The highest BCUT2D eigenvalue weighted by atomic mass is 35.5. The Labute approximate surface area is 162 Å². The number of nitrogens with zero attached hydrogens (tertiary/aromatic N) is 2. The van der Waals surface area contributed by atoms with Crippen molar-refractivity contribution < 1.29 is 0 Å². The molecule has 5 heteroatoms. The van der Waals surface area contributed by atoms with Gasteiger partial charge in [0.25, 0.3) is 0 Å². The molecular formula is C21H20ClN3S. The number of halogens is 1. The minimum atomic E-state index is 0.767. The van der Waals surface area contributed by atoms with Gasteiger partial charge in [-0.15, -0.1) is 11.3 Å². The number of amidine groups is 1. The third-order valence-corrected chi connectivity index (χ3v) is 5.49. The van der Waals surface area contributed by atoms with Gasteiger partial charge in [-0.2, -0.15) is 0 Å². The number of anilines is 1. The molecule has 2 aromatic carbocycles. The summed E-state index contributed by atoms with van der Waals surface area (Å²) in [6.45, 7) is 0.921. The van der Waals surface area contributed by atoms with Gasteiger partial charge in [0.15, 0.2) is 5.13 Å². The number of aliphatic imine (C=N–C) groups is 1. The molecule has 1 N–H and O–H groups in total. The second kappa shape index (κ2) is 8.02. The molecule has 0 saturated heterocycles. The van der Waals surface area contributed by atoms with Crippen LogP contribution in [0, 0.1) is 0 Å². The van der Waals surface area contributed by atoms with Crippen LogP contribution in [0.25, 0.3) is 11.3 Å². The second-order valence-electron chi connectivity index (χ2n) is 6.41. The monoisotopic (exact) mass is 381 g/mol. The van der Waals surface area contributed by atoms with Crippen molar-refractivity contribution in [1.82, 2.24) is 4.98 Å². The molecule has 3 aromatic rings. The molecule has 1 aliphatic rings. The van der Waals surface area contributed by atoms with Gasteiger partial charge in [-0.3, -0.25) is 4.99 Å². The van der Waals surface area contributed by atoms with Crippen molar-refractivity contribution in [2.24, 2.45) is 4.99 Å². The molecule has 0 atom stereocenters. The van der Waals surface area contributed by atoms with E-state index in [1.54, 1.807) is 11.3 Å². The maximum Gasteiger partial charge on any atom is 0.188 e. The Balaban J connectivity index is 1.56. The molecule has 0 aliphatic carbocycles. The molecule has 132 valence electrons. The van der Waals surface area contributed by atoms with E-state index in [-0.39, 0.29) is 0 Å². The molecule has 0 bridgehead atoms. The first-order valence-corrected chi connectivity index (χ1v) is 10.1. The molecule has 0 amide bonds. The minimum absolute atomic E-state index is 0.767. The highest BCUT2D eigenvalue weighted by Gasteiger charge is 2.12. The molecule has 4 rings (SSSR count). The van der Waals surface area contributed by atoms with E-state index in [4.69, 9.17) is 16.6 Å². The summed E-state index contributed by atoms with van der Waals surface area (Å²) in [7, 11) is 0. The Morgan fingerprint density at radius 1 is 1.04 bits per heavy atom. The van der Waals surface area contributed by atoms with Crippen molar-refractivity contribution in [2.45, 2.75) is 25.7 Å². The van der Waals surface area contributed by atoms with Crippen molar-refractivity contribution >= 4 is 33.9 Å². The highest BCUT2D eigenvalue weighted by Crippen LogP contribution is 2.29. The predicted octanol–water partition coefficient (Wildman–Crippen LogP) is 6.05. The van der Waals surface area contributed by atoms with E-state index in [1.165, 1.54) is 29.5 Å². The van der Waals surface area contributed by atoms with Crippen LogP contribution in [0.5, 0.6) is 0 Å². The number of hydrogen-bond donors (Lipinski definition) is 1. The van der Waals surface area contributed by atoms with Gasteiger partial charge < -0.3 is 5.32 Å². The van der Waals surface area contributed by atoms with Crippen LogP contribution in [0.4, 0.5) is 5.13 Å². The second-order valence-corrected chi connectivity index (χ2v) is 7.70. The summed E-state index contributed by atoms with van der Waals surface area (Å²) < 4.78 is 0. The molecular weight excluding hydrogens is 362 g/mol. The van der Waals surface area contributed by atoms with E-state index in [0.717, 1.165) is 41.1 Å². The standard InChI is InChI=1S/C21H20ClN3S/c22-17-10-8-15(9-11-17)13-16-5-1-2-6-18(16)19-14-26-21(24-19)25-20-7-3-4-12-23-20/h1-2,5-6,8-11,14H,3-4,7,12-13H2,(H,23,24,25). The van der Waals surface area contributed by atoms with E-state index in [9.17, 15) is 0 Å². The Bertz CT molecular complexity index is 915. The summed E-state index contributed by atoms with van der Waals surface area (Å²) >= 11 is 7.63. The molecule has 0 unspecified atom stereocenters. The zero-order valence-corrected chi connectivity index (χ0v) is 16.0. The minimum Gasteiger partial charge on any atom is -0.320 e. The highest BCUT2D eigenvalue weighted by molar-refractivity contribution is 7.14. The third kappa shape index (κ3) is 4.14. The lowest BCUT2D eigenvalue weighted by Crippen LogP contribution is -2.15. The van der Waals surface area contributed by atoms with Gasteiger partial charge in [0.2, 0.25) is 0 Å². The fourth-order valence-corrected chi connectivity index (χ4v) is 3.98. The summed E-state index contributed by atoms with van der Waals surface area (Å²) in [5, 5.41) is 7.19. The van der Waals surface area contributed by atoms with Gasteiger partial charge in [-0.25, -0.2) is 4.98 Å². The zero-order valence-electron chi connectivity index (χ0n) is 14.4. The smallest absolute Gasteiger partial charge is 0.188 e. The lowest BCUT2D eigenvalue weighted by atomic mass is 9.98. The summed E-state index contributed by atoms with van der Waals surface area (Å²) in [5.74, 6) is 1.06. The summed E-state index contributed by atoms with van der Waals surface area (Å²) in [6, 6.07) is 16.5. The van der Waals surface area contributed by atoms with Crippen molar-refractivity contribution in [2.75, 3.05) is 11.9 Å². The molecule has 3 nitrogen and oxygen atoms in total. The lowest BCUT2D eigenvalue weighted by molar-refractivity contribution is 0.737. The Morgan fingerprint density at radius 2 is 1.88 bits per heavy atom. The maximum absolute atomic E-state index is 6.00. The Kier molecular flexibility index (Phi) is 5.32. The molecule has 1 aliphatic heterocycles. The van der Waals surface area contributed by atoms with E-state index in [1.807, 2.05) is 12.1 Å². The average molecular weight is 382 g/mol. The topological polar surface area (TPSA) is 37.3 Å². The molecule has 0 fully saturated rings. The maximum atomic E-state index is 6.00. The fraction of sp³-hybridized carbons (Fsp3) is 0.238. The predicted molar refractivity (Wildman–Crippen MR) is 112 cm³/mol. The fourth-order valence-electron chi connectivity index (χ4n) is 3.12. The van der Waals surface area contributed by atoms with Gasteiger partial charge in [0.1, 0.15) is 5.84 Å². The van der Waals surface area contributed by atoms with Crippen molar-refractivity contribution in [1.29, 1.82) is 0 Å². The van der Waals surface area contributed by atoms with Gasteiger partial charge in [0.05, 0.1) is 5.69 Å². The normalized spacial score (nSPS) is 14.1. The van der Waals surface area contributed by atoms with Crippen LogP contribution in [0.2, 0.25) is 5.02 Å². The molecule has 0 saturated carbocycles. The number of nitrogens with one attached hydrogen (secondary N) is 1. The van der Waals surface area contributed by atoms with Crippen LogP contribution in [-0.4, -0.2) is 17.4 Å². The van der Waals surface area contributed by atoms with Crippen LogP contribution in [0.1, 0.15) is 30.4 Å². The largest absolute Gasteiger partial charge is 0.320 e. The first-order chi connectivity index (χ1) is 12.8. The average Bonchev–Trinajstić information content (AvgIpc) is 3.13. The number of thiazole rings is 1. The quantitative estimate of drug-likeness (QED) is 0.597. The third-order valence-electron chi connectivity index (χ3n) is 4.48. The van der Waals surface area contributed by atoms with E-state index >= 15 is 0 Å². The van der Waals surface area contributed by atoms with Crippen LogP contribution in [0.3, 0.4) is 0 Å². The molecule has 2 heterocycles. The van der Waals surface area contributed by atoms with Crippen LogP contribution >= 0.6 is 22.9 Å². The molecule has 26 heavy (non-hydrogen) atoms. The van der Waals surface area contributed by atoms with Crippen LogP contribution < -0.4 is 5.32 Å². The van der Waals surface area contributed by atoms with E-state index in [0.29, 0.717) is 0 Å². The number of rotatable bonds is 4. The molecule has 1 aromatic heterocycles. The number of hydrogen-bond acceptors (Lipinski definition) is 4. The van der Waals surface area contributed by atoms with Gasteiger partial charge in [0, 0.05) is 28.9 Å². The van der Waals surface area contributed by atoms with Gasteiger partial charge in [-0.05, 0) is 42.5 Å². The lowest BCUT2D eigenvalue weighted by Gasteiger charge is -2.11.